The average molecular weight is 340 g/mol. The Morgan fingerprint density at radius 1 is 1.50 bits per heavy atom. The van der Waals surface area contributed by atoms with Crippen LogP contribution in [0.3, 0.4) is 0 Å². The minimum absolute atomic E-state index is 0.120. The van der Waals surface area contributed by atoms with Gasteiger partial charge in [-0.05, 0) is 13.2 Å². The number of hydrogen-bond acceptors (Lipinski definition) is 8. The van der Waals surface area contributed by atoms with Gasteiger partial charge in [0.2, 0.25) is 15.4 Å². The van der Waals surface area contributed by atoms with Gasteiger partial charge in [-0.1, -0.05) is 11.3 Å². The molecule has 0 aliphatic carbocycles. The Labute approximate surface area is 125 Å². The van der Waals surface area contributed by atoms with Gasteiger partial charge in [-0.3, -0.25) is 4.79 Å². The number of amides is 1. The molecule has 1 aromatic heterocycles. The lowest BCUT2D eigenvalue weighted by molar-refractivity contribution is -0.114. The quantitative estimate of drug-likeness (QED) is 0.592. The summed E-state index contributed by atoms with van der Waals surface area (Å²) in [5, 5.41) is 18.5. The highest BCUT2D eigenvalue weighted by atomic mass is 32.2. The summed E-state index contributed by atoms with van der Waals surface area (Å²) in [6, 6.07) is -0.465. The van der Waals surface area contributed by atoms with Crippen LogP contribution in [0.25, 0.3) is 0 Å². The topological polar surface area (TPSA) is 121 Å². The van der Waals surface area contributed by atoms with Crippen LogP contribution in [0, 0.1) is 0 Å². The van der Waals surface area contributed by atoms with E-state index in [0.29, 0.717) is 0 Å². The zero-order valence-corrected chi connectivity index (χ0v) is 13.6. The molecule has 11 heteroatoms. The molecule has 0 saturated carbocycles. The minimum atomic E-state index is -3.82. The summed E-state index contributed by atoms with van der Waals surface area (Å²) in [4.78, 5) is 10.8. The zero-order valence-electron chi connectivity index (χ0n) is 11.2. The number of sulfonamides is 1. The lowest BCUT2D eigenvalue weighted by Crippen LogP contribution is -2.41. The van der Waals surface area contributed by atoms with Crippen molar-refractivity contribution in [3.8, 4) is 0 Å². The SMILES string of the molecule is CSC(CO)C(C)NS(=O)(=O)c1nnc(NC(C)=O)s1. The smallest absolute Gasteiger partial charge is 0.270 e. The number of aliphatic hydroxyl groups is 1. The second-order valence-electron chi connectivity index (χ2n) is 3.92. The van der Waals surface area contributed by atoms with Gasteiger partial charge in [-0.2, -0.15) is 11.8 Å². The molecule has 0 aliphatic rings. The third-order valence-corrected chi connectivity index (χ3v) is 6.23. The number of hydrogen-bond donors (Lipinski definition) is 3. The van der Waals surface area contributed by atoms with Gasteiger partial charge in [0, 0.05) is 18.2 Å². The van der Waals surface area contributed by atoms with E-state index in [2.05, 4.69) is 20.2 Å². The zero-order chi connectivity index (χ0) is 15.3. The van der Waals surface area contributed by atoms with E-state index in [-0.39, 0.29) is 27.2 Å². The molecule has 0 aromatic carbocycles. The van der Waals surface area contributed by atoms with E-state index in [1.807, 2.05) is 0 Å². The molecule has 0 fully saturated rings. The molecule has 3 N–H and O–H groups in total. The van der Waals surface area contributed by atoms with Gasteiger partial charge in [-0.25, -0.2) is 13.1 Å². The normalized spacial score (nSPS) is 14.8. The van der Waals surface area contributed by atoms with Crippen LogP contribution < -0.4 is 10.0 Å². The number of thioether (sulfide) groups is 1. The van der Waals surface area contributed by atoms with Crippen LogP contribution >= 0.6 is 23.1 Å². The number of rotatable bonds is 7. The van der Waals surface area contributed by atoms with Gasteiger partial charge in [0.15, 0.2) is 0 Å². The Morgan fingerprint density at radius 3 is 2.65 bits per heavy atom. The summed E-state index contributed by atoms with van der Waals surface area (Å²) in [5.41, 5.74) is 0. The molecule has 0 bridgehead atoms. The van der Waals surface area contributed by atoms with Crippen LogP contribution in [0.4, 0.5) is 5.13 Å². The van der Waals surface area contributed by atoms with Crippen molar-refractivity contribution in [1.82, 2.24) is 14.9 Å². The first-order valence-electron chi connectivity index (χ1n) is 5.57. The standard InChI is InChI=1S/C9H16N4O4S3/c1-5(7(4-14)18-3)13-20(16,17)9-12-11-8(19-9)10-6(2)15/h5,7,13-14H,4H2,1-3H3,(H,10,11,15). The molecule has 1 rings (SSSR count). The third-order valence-electron chi connectivity index (χ3n) is 2.30. The van der Waals surface area contributed by atoms with Gasteiger partial charge in [0.25, 0.3) is 10.0 Å². The molecule has 20 heavy (non-hydrogen) atoms. The fourth-order valence-electron chi connectivity index (χ4n) is 1.33. The maximum Gasteiger partial charge on any atom is 0.270 e. The molecule has 1 amide bonds. The maximum absolute atomic E-state index is 12.1. The summed E-state index contributed by atoms with van der Waals surface area (Å²) in [5.74, 6) is -0.353. The highest BCUT2D eigenvalue weighted by molar-refractivity contribution is 7.99. The van der Waals surface area contributed by atoms with Crippen LogP contribution in [-0.2, 0) is 14.8 Å². The summed E-state index contributed by atoms with van der Waals surface area (Å²) in [6.07, 6.45) is 1.78. The van der Waals surface area contributed by atoms with Gasteiger partial charge in [-0.15, -0.1) is 10.2 Å². The van der Waals surface area contributed by atoms with E-state index in [4.69, 9.17) is 5.11 Å². The Morgan fingerprint density at radius 2 is 2.15 bits per heavy atom. The molecule has 0 radical (unpaired) electrons. The molecule has 0 aliphatic heterocycles. The summed E-state index contributed by atoms with van der Waals surface area (Å²) in [7, 11) is -3.82. The number of nitrogens with zero attached hydrogens (tertiary/aromatic N) is 2. The van der Waals surface area contributed by atoms with E-state index in [0.717, 1.165) is 11.3 Å². The molecule has 0 saturated heterocycles. The number of nitrogens with one attached hydrogen (secondary N) is 2. The van der Waals surface area contributed by atoms with Crippen LogP contribution in [-0.4, -0.2) is 53.8 Å². The van der Waals surface area contributed by atoms with Gasteiger partial charge in [0.1, 0.15) is 0 Å². The van der Waals surface area contributed by atoms with Crippen LogP contribution in [0.5, 0.6) is 0 Å². The number of anilines is 1. The highest BCUT2D eigenvalue weighted by Crippen LogP contribution is 2.21. The van der Waals surface area contributed by atoms with Crippen molar-refractivity contribution in [2.45, 2.75) is 29.5 Å². The third kappa shape index (κ3) is 4.66. The largest absolute Gasteiger partial charge is 0.395 e. The molecule has 1 aromatic rings. The summed E-state index contributed by atoms with van der Waals surface area (Å²) >= 11 is 2.12. The van der Waals surface area contributed by atoms with Gasteiger partial charge >= 0.3 is 0 Å². The second-order valence-corrected chi connectivity index (χ2v) is 7.86. The second kappa shape index (κ2) is 7.31. The Bertz CT molecular complexity index is 555. The van der Waals surface area contributed by atoms with Crippen molar-refractivity contribution in [3.05, 3.63) is 0 Å². The number of carbonyl (C=O) groups excluding carboxylic acids is 1. The van der Waals surface area contributed by atoms with E-state index in [1.54, 1.807) is 13.2 Å². The predicted octanol–water partition coefficient (Wildman–Crippen LogP) is -0.113. The van der Waals surface area contributed by atoms with E-state index < -0.39 is 16.1 Å². The minimum Gasteiger partial charge on any atom is -0.395 e. The van der Waals surface area contributed by atoms with Crippen LogP contribution in [0.15, 0.2) is 4.34 Å². The fourth-order valence-corrected chi connectivity index (χ4v) is 4.29. The number of carbonyl (C=O) groups is 1. The maximum atomic E-state index is 12.1. The molecule has 2 unspecified atom stereocenters. The van der Waals surface area contributed by atoms with Crippen molar-refractivity contribution in [2.24, 2.45) is 0 Å². The molecule has 8 nitrogen and oxygen atoms in total. The first-order chi connectivity index (χ1) is 9.30. The molecule has 2 atom stereocenters. The van der Waals surface area contributed by atoms with Crippen molar-refractivity contribution < 1.29 is 18.3 Å². The molecular weight excluding hydrogens is 324 g/mol. The summed E-state index contributed by atoms with van der Waals surface area (Å²) in [6.45, 7) is 2.81. The van der Waals surface area contributed by atoms with Crippen molar-refractivity contribution in [1.29, 1.82) is 0 Å². The Hall–Kier alpha value is -0.750. The average Bonchev–Trinajstić information content (AvgIpc) is 2.78. The highest BCUT2D eigenvalue weighted by Gasteiger charge is 2.26. The predicted molar refractivity (Wildman–Crippen MR) is 78.4 cm³/mol. The van der Waals surface area contributed by atoms with E-state index >= 15 is 0 Å². The fraction of sp³-hybridized carbons (Fsp3) is 0.667. The van der Waals surface area contributed by atoms with Gasteiger partial charge < -0.3 is 10.4 Å². The van der Waals surface area contributed by atoms with Crippen molar-refractivity contribution >= 4 is 44.2 Å². The number of aromatic nitrogens is 2. The van der Waals surface area contributed by atoms with Crippen LogP contribution in [0.2, 0.25) is 0 Å². The lowest BCUT2D eigenvalue weighted by atomic mass is 10.3. The first kappa shape index (κ1) is 17.3. The Kier molecular flexibility index (Phi) is 6.33. The number of aliphatic hydroxyl groups excluding tert-OH is 1. The lowest BCUT2D eigenvalue weighted by Gasteiger charge is -2.20. The van der Waals surface area contributed by atoms with Crippen LogP contribution in [0.1, 0.15) is 13.8 Å². The molecule has 1 heterocycles. The monoisotopic (exact) mass is 340 g/mol. The summed E-state index contributed by atoms with van der Waals surface area (Å²) < 4.78 is 26.3. The van der Waals surface area contributed by atoms with Gasteiger partial charge in [0.05, 0.1) is 6.61 Å². The van der Waals surface area contributed by atoms with E-state index in [1.165, 1.54) is 18.7 Å². The Balaban J connectivity index is 2.83. The first-order valence-corrected chi connectivity index (χ1v) is 9.16. The molecule has 0 spiro atoms. The molecular formula is C9H16N4O4S3. The molecule has 114 valence electrons. The van der Waals surface area contributed by atoms with E-state index in [9.17, 15) is 13.2 Å². The van der Waals surface area contributed by atoms with Crippen molar-refractivity contribution in [2.75, 3.05) is 18.2 Å². The van der Waals surface area contributed by atoms with Crippen molar-refractivity contribution in [3.63, 3.8) is 0 Å².